The van der Waals surface area contributed by atoms with Gasteiger partial charge < -0.3 is 4.74 Å². The molecule has 1 amide bonds. The van der Waals surface area contributed by atoms with E-state index >= 15 is 0 Å². The molecule has 4 rings (SSSR count). The van der Waals surface area contributed by atoms with Crippen LogP contribution < -0.4 is 10.1 Å². The quantitative estimate of drug-likeness (QED) is 0.414. The third-order valence-corrected chi connectivity index (χ3v) is 5.84. The maximum absolute atomic E-state index is 12.8. The lowest BCUT2D eigenvalue weighted by Gasteiger charge is -2.04. The van der Waals surface area contributed by atoms with Gasteiger partial charge in [0.05, 0.1) is 17.7 Å². The van der Waals surface area contributed by atoms with Gasteiger partial charge in [-0.1, -0.05) is 77.1 Å². The van der Waals surface area contributed by atoms with Gasteiger partial charge >= 0.3 is 0 Å². The van der Waals surface area contributed by atoms with Crippen molar-refractivity contribution in [2.75, 3.05) is 12.4 Å². The summed E-state index contributed by atoms with van der Waals surface area (Å²) < 4.78 is 5.22. The fraction of sp³-hybridized carbons (Fsp3) is 0.120. The van der Waals surface area contributed by atoms with E-state index in [1.807, 2.05) is 6.07 Å². The van der Waals surface area contributed by atoms with Crippen LogP contribution in [0.15, 0.2) is 72.8 Å². The summed E-state index contributed by atoms with van der Waals surface area (Å²) in [7, 11) is 1.58. The SMILES string of the molecule is COc1cccc(C(=O)Nc2nc(-c3ccc(C)cc3)c(-c3ccc(C)cc3)s2)c1. The second-order valence-corrected chi connectivity index (χ2v) is 8.11. The smallest absolute Gasteiger partial charge is 0.257 e. The Balaban J connectivity index is 1.72. The highest BCUT2D eigenvalue weighted by atomic mass is 32.1. The molecular weight excluding hydrogens is 392 g/mol. The second kappa shape index (κ2) is 8.51. The number of carbonyl (C=O) groups is 1. The molecule has 4 aromatic rings. The molecule has 150 valence electrons. The first-order valence-electron chi connectivity index (χ1n) is 9.64. The number of rotatable bonds is 5. The largest absolute Gasteiger partial charge is 0.497 e. The molecule has 0 bridgehead atoms. The Morgan fingerprint density at radius 1 is 0.900 bits per heavy atom. The lowest BCUT2D eigenvalue weighted by molar-refractivity contribution is 0.102. The third kappa shape index (κ3) is 4.26. The van der Waals surface area contributed by atoms with Crippen molar-refractivity contribution in [1.29, 1.82) is 0 Å². The number of carbonyl (C=O) groups excluding carboxylic acids is 1. The standard InChI is InChI=1S/C25H22N2O2S/c1-16-7-11-18(12-8-16)22-23(19-13-9-17(2)10-14-19)30-25(26-22)27-24(28)20-5-4-6-21(15-20)29-3/h4-15H,1-3H3,(H,26,27,28). The first-order valence-corrected chi connectivity index (χ1v) is 10.5. The molecule has 30 heavy (non-hydrogen) atoms. The molecule has 0 aliphatic heterocycles. The van der Waals surface area contributed by atoms with Crippen molar-refractivity contribution in [3.8, 4) is 27.4 Å². The van der Waals surface area contributed by atoms with Crippen molar-refractivity contribution in [3.63, 3.8) is 0 Å². The zero-order chi connectivity index (χ0) is 21.1. The first kappa shape index (κ1) is 19.9. The van der Waals surface area contributed by atoms with Gasteiger partial charge in [0.1, 0.15) is 5.75 Å². The number of methoxy groups -OCH3 is 1. The number of thiazole rings is 1. The molecule has 0 spiro atoms. The predicted molar refractivity (Wildman–Crippen MR) is 123 cm³/mol. The highest BCUT2D eigenvalue weighted by molar-refractivity contribution is 7.19. The summed E-state index contributed by atoms with van der Waals surface area (Å²) in [4.78, 5) is 18.6. The predicted octanol–water partition coefficient (Wildman–Crippen LogP) is 6.35. The monoisotopic (exact) mass is 414 g/mol. The number of hydrogen-bond acceptors (Lipinski definition) is 4. The number of hydrogen-bond donors (Lipinski definition) is 1. The van der Waals surface area contributed by atoms with Gasteiger partial charge in [0.25, 0.3) is 5.91 Å². The second-order valence-electron chi connectivity index (χ2n) is 7.11. The van der Waals surface area contributed by atoms with Crippen molar-refractivity contribution in [1.82, 2.24) is 4.98 Å². The molecular formula is C25H22N2O2S. The van der Waals surface area contributed by atoms with Crippen LogP contribution in [0.5, 0.6) is 5.75 Å². The van der Waals surface area contributed by atoms with E-state index < -0.39 is 0 Å². The van der Waals surface area contributed by atoms with Crippen molar-refractivity contribution in [2.24, 2.45) is 0 Å². The molecule has 0 atom stereocenters. The van der Waals surface area contributed by atoms with E-state index in [4.69, 9.17) is 9.72 Å². The van der Waals surface area contributed by atoms with Gasteiger partial charge in [-0.05, 0) is 37.6 Å². The molecule has 1 heterocycles. The topological polar surface area (TPSA) is 51.2 Å². The van der Waals surface area contributed by atoms with E-state index in [-0.39, 0.29) is 5.91 Å². The summed E-state index contributed by atoms with van der Waals surface area (Å²) in [6, 6.07) is 23.7. The molecule has 0 fully saturated rings. The van der Waals surface area contributed by atoms with Gasteiger partial charge in [0, 0.05) is 11.1 Å². The van der Waals surface area contributed by atoms with Gasteiger partial charge in [0.15, 0.2) is 5.13 Å². The minimum atomic E-state index is -0.214. The Hall–Kier alpha value is -3.44. The maximum atomic E-state index is 12.8. The number of nitrogens with one attached hydrogen (secondary N) is 1. The molecule has 0 aliphatic carbocycles. The molecule has 1 N–H and O–H groups in total. The molecule has 0 unspecified atom stereocenters. The molecule has 1 aromatic heterocycles. The van der Waals surface area contributed by atoms with Gasteiger partial charge in [-0.15, -0.1) is 0 Å². The normalized spacial score (nSPS) is 10.6. The number of amides is 1. The van der Waals surface area contributed by atoms with Crippen LogP contribution >= 0.6 is 11.3 Å². The minimum Gasteiger partial charge on any atom is -0.497 e. The molecule has 4 nitrogen and oxygen atoms in total. The van der Waals surface area contributed by atoms with Crippen molar-refractivity contribution < 1.29 is 9.53 Å². The number of benzene rings is 3. The van der Waals surface area contributed by atoms with Crippen molar-refractivity contribution >= 4 is 22.4 Å². The van der Waals surface area contributed by atoms with E-state index in [0.717, 1.165) is 21.7 Å². The first-order chi connectivity index (χ1) is 14.5. The average molecular weight is 415 g/mol. The molecule has 5 heteroatoms. The fourth-order valence-corrected chi connectivity index (χ4v) is 4.10. The summed E-state index contributed by atoms with van der Waals surface area (Å²) in [5.74, 6) is 0.427. The Morgan fingerprint density at radius 3 is 2.17 bits per heavy atom. The number of aryl methyl sites for hydroxylation is 2. The van der Waals surface area contributed by atoms with Crippen LogP contribution in [0.3, 0.4) is 0 Å². The molecule has 0 radical (unpaired) electrons. The third-order valence-electron chi connectivity index (χ3n) is 4.82. The van der Waals surface area contributed by atoms with Gasteiger partial charge in [-0.2, -0.15) is 0 Å². The Morgan fingerprint density at radius 2 is 1.53 bits per heavy atom. The fourth-order valence-electron chi connectivity index (χ4n) is 3.11. The van der Waals surface area contributed by atoms with E-state index in [1.165, 1.54) is 22.5 Å². The van der Waals surface area contributed by atoms with Crippen molar-refractivity contribution in [3.05, 3.63) is 89.5 Å². The van der Waals surface area contributed by atoms with Crippen LogP contribution in [-0.4, -0.2) is 18.0 Å². The highest BCUT2D eigenvalue weighted by Gasteiger charge is 2.17. The Kier molecular flexibility index (Phi) is 5.63. The van der Waals surface area contributed by atoms with E-state index in [1.54, 1.807) is 25.3 Å². The molecule has 3 aromatic carbocycles. The van der Waals surface area contributed by atoms with Gasteiger partial charge in [-0.3, -0.25) is 10.1 Å². The average Bonchev–Trinajstić information content (AvgIpc) is 3.18. The number of nitrogens with zero attached hydrogens (tertiary/aromatic N) is 1. The minimum absolute atomic E-state index is 0.214. The number of anilines is 1. The van der Waals surface area contributed by atoms with Crippen LogP contribution in [0, 0.1) is 13.8 Å². The lowest BCUT2D eigenvalue weighted by atomic mass is 10.0. The Bertz CT molecular complexity index is 1120. The summed E-state index contributed by atoms with van der Waals surface area (Å²) in [6.45, 7) is 4.13. The van der Waals surface area contributed by atoms with Crippen molar-refractivity contribution in [2.45, 2.75) is 13.8 Å². The van der Waals surface area contributed by atoms with E-state index in [0.29, 0.717) is 16.4 Å². The van der Waals surface area contributed by atoms with Crippen LogP contribution in [0.25, 0.3) is 21.7 Å². The number of aromatic nitrogens is 1. The lowest BCUT2D eigenvalue weighted by Crippen LogP contribution is -2.11. The Labute approximate surface area is 180 Å². The summed E-state index contributed by atoms with van der Waals surface area (Å²) in [6.07, 6.45) is 0. The van der Waals surface area contributed by atoms with Crippen LogP contribution in [0.2, 0.25) is 0 Å². The van der Waals surface area contributed by atoms with Gasteiger partial charge in [0.2, 0.25) is 0 Å². The molecule has 0 saturated heterocycles. The highest BCUT2D eigenvalue weighted by Crippen LogP contribution is 2.39. The van der Waals surface area contributed by atoms with E-state index in [9.17, 15) is 4.79 Å². The van der Waals surface area contributed by atoms with Crippen LogP contribution in [0.1, 0.15) is 21.5 Å². The maximum Gasteiger partial charge on any atom is 0.257 e. The van der Waals surface area contributed by atoms with E-state index in [2.05, 4.69) is 67.7 Å². The summed E-state index contributed by atoms with van der Waals surface area (Å²) in [5.41, 5.74) is 5.89. The summed E-state index contributed by atoms with van der Waals surface area (Å²) in [5, 5.41) is 3.51. The molecule has 0 saturated carbocycles. The van der Waals surface area contributed by atoms with Gasteiger partial charge in [-0.25, -0.2) is 4.98 Å². The van der Waals surface area contributed by atoms with Crippen LogP contribution in [0.4, 0.5) is 5.13 Å². The summed E-state index contributed by atoms with van der Waals surface area (Å²) >= 11 is 1.48. The molecule has 0 aliphatic rings. The number of ether oxygens (including phenoxy) is 1. The zero-order valence-corrected chi connectivity index (χ0v) is 17.9. The zero-order valence-electron chi connectivity index (χ0n) is 17.1. The van der Waals surface area contributed by atoms with Crippen LogP contribution in [-0.2, 0) is 0 Å².